The fourth-order valence-electron chi connectivity index (χ4n) is 2.03. The molecule has 0 saturated carbocycles. The second-order valence-electron chi connectivity index (χ2n) is 4.73. The fraction of sp³-hybridized carbons (Fsp3) is 0.176. The van der Waals surface area contributed by atoms with Gasteiger partial charge in [0, 0.05) is 6.42 Å². The van der Waals surface area contributed by atoms with Gasteiger partial charge in [0.2, 0.25) is 0 Å². The second-order valence-corrected chi connectivity index (χ2v) is 4.73. The molecule has 3 nitrogen and oxygen atoms in total. The number of hydrogen-bond donors (Lipinski definition) is 0. The third-order valence-electron chi connectivity index (χ3n) is 3.13. The van der Waals surface area contributed by atoms with Crippen molar-refractivity contribution in [1.29, 1.82) is 10.5 Å². The Bertz CT molecular complexity index is 786. The lowest BCUT2D eigenvalue weighted by Gasteiger charge is -2.12. The number of hydrogen-bond acceptors (Lipinski definition) is 3. The van der Waals surface area contributed by atoms with Crippen LogP contribution in [0.3, 0.4) is 0 Å². The molecule has 0 unspecified atom stereocenters. The summed E-state index contributed by atoms with van der Waals surface area (Å²) in [5.74, 6) is 0.0489. The molecule has 0 spiro atoms. The molecule has 0 heterocycles. The van der Waals surface area contributed by atoms with Crippen LogP contribution >= 0.6 is 0 Å². The fourth-order valence-corrected chi connectivity index (χ4v) is 2.03. The van der Waals surface area contributed by atoms with Gasteiger partial charge in [-0.15, -0.1) is 0 Å². The Morgan fingerprint density at radius 1 is 1.00 bits per heavy atom. The molecule has 116 valence electrons. The minimum absolute atomic E-state index is 0.0489. The summed E-state index contributed by atoms with van der Waals surface area (Å²) in [5.41, 5.74) is -0.0791. The molecule has 0 N–H and O–H groups in total. The van der Waals surface area contributed by atoms with Crippen molar-refractivity contribution in [2.24, 2.45) is 0 Å². The summed E-state index contributed by atoms with van der Waals surface area (Å²) in [6.45, 7) is 0.165. The maximum absolute atomic E-state index is 12.8. The van der Waals surface area contributed by atoms with Crippen molar-refractivity contribution in [2.45, 2.75) is 12.6 Å². The molecule has 0 aromatic heterocycles. The summed E-state index contributed by atoms with van der Waals surface area (Å²) < 4.78 is 43.9. The van der Waals surface area contributed by atoms with Crippen LogP contribution in [0.1, 0.15) is 22.3 Å². The lowest BCUT2D eigenvalue weighted by atomic mass is 10.1. The normalized spacial score (nSPS) is 10.7. The number of halogens is 3. The van der Waals surface area contributed by atoms with Gasteiger partial charge in [0.1, 0.15) is 5.75 Å². The SMILES string of the molecule is N#Cc1cccc(CCOc2ccc(C#N)c(C(F)(F)F)c2)c1. The van der Waals surface area contributed by atoms with E-state index in [1.54, 1.807) is 18.2 Å². The zero-order valence-electron chi connectivity index (χ0n) is 11.9. The first-order valence-corrected chi connectivity index (χ1v) is 6.67. The maximum atomic E-state index is 12.8. The molecule has 23 heavy (non-hydrogen) atoms. The Kier molecular flexibility index (Phi) is 4.88. The molecule has 0 aliphatic heterocycles. The molecule has 0 radical (unpaired) electrons. The molecule has 0 fully saturated rings. The minimum atomic E-state index is -4.61. The zero-order valence-corrected chi connectivity index (χ0v) is 11.9. The van der Waals surface area contributed by atoms with Crippen LogP contribution in [0.15, 0.2) is 42.5 Å². The summed E-state index contributed by atoms with van der Waals surface area (Å²) in [6.07, 6.45) is -4.15. The highest BCUT2D eigenvalue weighted by Gasteiger charge is 2.34. The molecule has 0 atom stereocenters. The summed E-state index contributed by atoms with van der Waals surface area (Å²) in [6, 6.07) is 13.7. The standard InChI is InChI=1S/C17H11F3N2O/c18-17(19,20)16-9-15(5-4-14(16)11-22)23-7-6-12-2-1-3-13(8-12)10-21/h1-5,8-9H,6-7H2. The van der Waals surface area contributed by atoms with E-state index >= 15 is 0 Å². The van der Waals surface area contributed by atoms with Crippen LogP contribution in [-0.2, 0) is 12.6 Å². The van der Waals surface area contributed by atoms with Gasteiger partial charge >= 0.3 is 6.18 Å². The lowest BCUT2D eigenvalue weighted by molar-refractivity contribution is -0.137. The van der Waals surface area contributed by atoms with Crippen molar-refractivity contribution in [1.82, 2.24) is 0 Å². The van der Waals surface area contributed by atoms with Gasteiger partial charge in [-0.1, -0.05) is 12.1 Å². The molecule has 2 aromatic carbocycles. The lowest BCUT2D eigenvalue weighted by Crippen LogP contribution is -2.09. The highest BCUT2D eigenvalue weighted by molar-refractivity contribution is 5.44. The monoisotopic (exact) mass is 316 g/mol. The Morgan fingerprint density at radius 2 is 1.78 bits per heavy atom. The van der Waals surface area contributed by atoms with Crippen molar-refractivity contribution in [3.8, 4) is 17.9 Å². The largest absolute Gasteiger partial charge is 0.493 e. The van der Waals surface area contributed by atoms with Crippen LogP contribution in [-0.4, -0.2) is 6.61 Å². The Labute approximate surface area is 131 Å². The van der Waals surface area contributed by atoms with E-state index in [2.05, 4.69) is 0 Å². The number of nitrogens with zero attached hydrogens (tertiary/aromatic N) is 2. The van der Waals surface area contributed by atoms with Gasteiger partial charge < -0.3 is 4.74 Å². The van der Waals surface area contributed by atoms with Gasteiger partial charge in [0.25, 0.3) is 0 Å². The highest BCUT2D eigenvalue weighted by atomic mass is 19.4. The van der Waals surface area contributed by atoms with Gasteiger partial charge in [-0.2, -0.15) is 23.7 Å². The van der Waals surface area contributed by atoms with Crippen molar-refractivity contribution in [2.75, 3.05) is 6.61 Å². The molecule has 6 heteroatoms. The molecular formula is C17H11F3N2O. The van der Waals surface area contributed by atoms with Crippen LogP contribution in [0.2, 0.25) is 0 Å². The highest BCUT2D eigenvalue weighted by Crippen LogP contribution is 2.34. The third-order valence-corrected chi connectivity index (χ3v) is 3.13. The minimum Gasteiger partial charge on any atom is -0.493 e. The van der Waals surface area contributed by atoms with E-state index in [4.69, 9.17) is 15.3 Å². The molecule has 2 rings (SSSR count). The van der Waals surface area contributed by atoms with Crippen LogP contribution in [0.4, 0.5) is 13.2 Å². The molecule has 2 aromatic rings. The quantitative estimate of drug-likeness (QED) is 0.854. The molecule has 0 amide bonds. The van der Waals surface area contributed by atoms with E-state index in [1.165, 1.54) is 12.1 Å². The van der Waals surface area contributed by atoms with E-state index < -0.39 is 17.3 Å². The van der Waals surface area contributed by atoms with Crippen LogP contribution in [0.25, 0.3) is 0 Å². The smallest absolute Gasteiger partial charge is 0.417 e. The summed E-state index contributed by atoms with van der Waals surface area (Å²) in [4.78, 5) is 0. The topological polar surface area (TPSA) is 56.8 Å². The van der Waals surface area contributed by atoms with Crippen LogP contribution in [0, 0.1) is 22.7 Å². The predicted molar refractivity (Wildman–Crippen MR) is 76.5 cm³/mol. The average Bonchev–Trinajstić information content (AvgIpc) is 2.54. The molecule has 0 aliphatic carbocycles. The Balaban J connectivity index is 2.07. The summed E-state index contributed by atoms with van der Waals surface area (Å²) >= 11 is 0. The maximum Gasteiger partial charge on any atom is 0.417 e. The molecule has 0 saturated heterocycles. The van der Waals surface area contributed by atoms with Gasteiger partial charge in [-0.05, 0) is 35.9 Å². The van der Waals surface area contributed by atoms with Gasteiger partial charge in [-0.25, -0.2) is 0 Å². The van der Waals surface area contributed by atoms with Crippen LogP contribution < -0.4 is 4.74 Å². The van der Waals surface area contributed by atoms with Gasteiger partial charge in [0.15, 0.2) is 0 Å². The van der Waals surface area contributed by atoms with E-state index in [-0.39, 0.29) is 12.4 Å². The molecular weight excluding hydrogens is 305 g/mol. The number of benzene rings is 2. The number of ether oxygens (including phenoxy) is 1. The summed E-state index contributed by atoms with van der Waals surface area (Å²) in [5, 5.41) is 17.5. The Morgan fingerprint density at radius 3 is 2.43 bits per heavy atom. The predicted octanol–water partition coefficient (Wildman–Crippen LogP) is 4.07. The zero-order chi connectivity index (χ0) is 16.9. The summed E-state index contributed by atoms with van der Waals surface area (Å²) in [7, 11) is 0. The van der Waals surface area contributed by atoms with Crippen molar-refractivity contribution in [3.63, 3.8) is 0 Å². The van der Waals surface area contributed by atoms with Gasteiger partial charge in [0.05, 0.1) is 35.4 Å². The van der Waals surface area contributed by atoms with E-state index in [0.29, 0.717) is 12.0 Å². The van der Waals surface area contributed by atoms with E-state index in [9.17, 15) is 13.2 Å². The van der Waals surface area contributed by atoms with E-state index in [1.807, 2.05) is 12.1 Å². The average molecular weight is 316 g/mol. The van der Waals surface area contributed by atoms with Gasteiger partial charge in [-0.3, -0.25) is 0 Å². The molecule has 0 aliphatic rings. The first-order valence-electron chi connectivity index (χ1n) is 6.67. The van der Waals surface area contributed by atoms with Crippen LogP contribution in [0.5, 0.6) is 5.75 Å². The van der Waals surface area contributed by atoms with Crippen molar-refractivity contribution in [3.05, 3.63) is 64.7 Å². The van der Waals surface area contributed by atoms with Crippen molar-refractivity contribution >= 4 is 0 Å². The molecule has 0 bridgehead atoms. The number of rotatable bonds is 4. The van der Waals surface area contributed by atoms with Crippen molar-refractivity contribution < 1.29 is 17.9 Å². The second kappa shape index (κ2) is 6.85. The van der Waals surface area contributed by atoms with E-state index in [0.717, 1.165) is 17.7 Å². The third kappa shape index (κ3) is 4.24. The number of alkyl halides is 3. The first-order chi connectivity index (χ1) is 10.9. The number of nitriles is 2. The first kappa shape index (κ1) is 16.4. The Hall–Kier alpha value is -2.99.